The second kappa shape index (κ2) is 3.91. The molecule has 1 aliphatic rings. The first-order valence-electron chi connectivity index (χ1n) is 5.50. The molecule has 1 fully saturated rings. The number of carboxylic acid groups (broad SMARTS) is 1. The van der Waals surface area contributed by atoms with Crippen LogP contribution >= 0.6 is 0 Å². The topological polar surface area (TPSA) is 70.8 Å². The maximum Gasteiger partial charge on any atom is 0.311 e. The Morgan fingerprint density at radius 3 is 2.76 bits per heavy atom. The van der Waals surface area contributed by atoms with Crippen LogP contribution in [0.5, 0.6) is 0 Å². The summed E-state index contributed by atoms with van der Waals surface area (Å²) in [6.45, 7) is 4.25. The molecule has 0 spiro atoms. The third-order valence-electron chi connectivity index (χ3n) is 3.65. The van der Waals surface area contributed by atoms with E-state index in [-0.39, 0.29) is 18.4 Å². The molecule has 1 saturated heterocycles. The van der Waals surface area contributed by atoms with Crippen molar-refractivity contribution < 1.29 is 19.1 Å². The standard InChI is InChI=1S/C12H15NO4/c1-8-5-13(7-12(8,2)11(15)16)10(14)9-3-4-17-6-9/h3-4,6,8H,5,7H2,1-2H3,(H,15,16)/t8-,12-/m1/s1. The SMILES string of the molecule is C[C@@H]1CN(C(=O)c2ccoc2)C[C@@]1(C)C(=O)O. The molecule has 0 bridgehead atoms. The van der Waals surface area contributed by atoms with Crippen molar-refractivity contribution in [3.05, 3.63) is 24.2 Å². The lowest BCUT2D eigenvalue weighted by atomic mass is 9.81. The molecule has 1 amide bonds. The zero-order chi connectivity index (χ0) is 12.6. The highest BCUT2D eigenvalue weighted by Gasteiger charge is 2.47. The number of hydrogen-bond donors (Lipinski definition) is 1. The predicted molar refractivity (Wildman–Crippen MR) is 59.5 cm³/mol. The molecule has 0 saturated carbocycles. The minimum absolute atomic E-state index is 0.0594. The molecule has 5 nitrogen and oxygen atoms in total. The summed E-state index contributed by atoms with van der Waals surface area (Å²) in [6.07, 6.45) is 2.81. The highest BCUT2D eigenvalue weighted by molar-refractivity contribution is 5.94. The zero-order valence-corrected chi connectivity index (χ0v) is 9.84. The van der Waals surface area contributed by atoms with Crippen molar-refractivity contribution in [3.8, 4) is 0 Å². The molecule has 17 heavy (non-hydrogen) atoms. The molecule has 1 N–H and O–H groups in total. The van der Waals surface area contributed by atoms with Gasteiger partial charge in [0.25, 0.3) is 5.91 Å². The summed E-state index contributed by atoms with van der Waals surface area (Å²) in [6, 6.07) is 1.59. The van der Waals surface area contributed by atoms with Crippen LogP contribution in [0.3, 0.4) is 0 Å². The number of furan rings is 1. The third-order valence-corrected chi connectivity index (χ3v) is 3.65. The first-order valence-corrected chi connectivity index (χ1v) is 5.50. The Bertz CT molecular complexity index is 439. The van der Waals surface area contributed by atoms with E-state index in [2.05, 4.69) is 0 Å². The molecule has 2 atom stereocenters. The van der Waals surface area contributed by atoms with E-state index in [1.165, 1.54) is 12.5 Å². The van der Waals surface area contributed by atoms with Gasteiger partial charge in [-0.2, -0.15) is 0 Å². The summed E-state index contributed by atoms with van der Waals surface area (Å²) in [7, 11) is 0. The normalized spacial score (nSPS) is 28.4. The minimum atomic E-state index is -0.862. The smallest absolute Gasteiger partial charge is 0.311 e. The maximum atomic E-state index is 12.0. The Balaban J connectivity index is 2.17. The molecule has 0 radical (unpaired) electrons. The average Bonchev–Trinajstić information content (AvgIpc) is 2.87. The maximum absolute atomic E-state index is 12.0. The fourth-order valence-corrected chi connectivity index (χ4v) is 2.15. The van der Waals surface area contributed by atoms with Crippen LogP contribution < -0.4 is 0 Å². The van der Waals surface area contributed by atoms with Crippen LogP contribution in [0.2, 0.25) is 0 Å². The number of amides is 1. The van der Waals surface area contributed by atoms with Crippen molar-refractivity contribution in [2.24, 2.45) is 11.3 Å². The molecular formula is C12H15NO4. The number of carbonyl (C=O) groups excluding carboxylic acids is 1. The van der Waals surface area contributed by atoms with Gasteiger partial charge in [-0.25, -0.2) is 0 Å². The Hall–Kier alpha value is -1.78. The van der Waals surface area contributed by atoms with Crippen molar-refractivity contribution in [1.82, 2.24) is 4.90 Å². The Labute approximate surface area is 99.0 Å². The second-order valence-corrected chi connectivity index (χ2v) is 4.82. The summed E-state index contributed by atoms with van der Waals surface area (Å²) in [5.41, 5.74) is -0.397. The summed E-state index contributed by atoms with van der Waals surface area (Å²) in [4.78, 5) is 24.8. The fourth-order valence-electron chi connectivity index (χ4n) is 2.15. The van der Waals surface area contributed by atoms with E-state index in [0.717, 1.165) is 0 Å². The molecular weight excluding hydrogens is 222 g/mol. The van der Waals surface area contributed by atoms with Gasteiger partial charge >= 0.3 is 5.97 Å². The van der Waals surface area contributed by atoms with Gasteiger partial charge in [-0.15, -0.1) is 0 Å². The largest absolute Gasteiger partial charge is 0.481 e. The van der Waals surface area contributed by atoms with E-state index in [4.69, 9.17) is 4.42 Å². The zero-order valence-electron chi connectivity index (χ0n) is 9.84. The molecule has 1 aromatic heterocycles. The van der Waals surface area contributed by atoms with Crippen molar-refractivity contribution in [1.29, 1.82) is 0 Å². The fraction of sp³-hybridized carbons (Fsp3) is 0.500. The van der Waals surface area contributed by atoms with Gasteiger partial charge in [0.15, 0.2) is 0 Å². The summed E-state index contributed by atoms with van der Waals surface area (Å²) < 4.78 is 4.86. The Kier molecular flexibility index (Phi) is 2.69. The number of nitrogens with zero attached hydrogens (tertiary/aromatic N) is 1. The first-order chi connectivity index (χ1) is 7.95. The van der Waals surface area contributed by atoms with Crippen molar-refractivity contribution in [2.75, 3.05) is 13.1 Å². The molecule has 0 aliphatic carbocycles. The molecule has 92 valence electrons. The molecule has 1 aliphatic heterocycles. The van der Waals surface area contributed by atoms with Crippen LogP contribution in [0.1, 0.15) is 24.2 Å². The quantitative estimate of drug-likeness (QED) is 0.845. The number of carbonyl (C=O) groups is 2. The molecule has 2 heterocycles. The number of rotatable bonds is 2. The minimum Gasteiger partial charge on any atom is -0.481 e. The van der Waals surface area contributed by atoms with Crippen LogP contribution in [-0.2, 0) is 4.79 Å². The Morgan fingerprint density at radius 2 is 2.29 bits per heavy atom. The van der Waals surface area contributed by atoms with Crippen molar-refractivity contribution in [2.45, 2.75) is 13.8 Å². The van der Waals surface area contributed by atoms with E-state index in [1.807, 2.05) is 6.92 Å². The van der Waals surface area contributed by atoms with Gasteiger partial charge in [0.2, 0.25) is 0 Å². The van der Waals surface area contributed by atoms with Crippen molar-refractivity contribution in [3.63, 3.8) is 0 Å². The second-order valence-electron chi connectivity index (χ2n) is 4.82. The lowest BCUT2D eigenvalue weighted by Gasteiger charge is -2.22. The number of hydrogen-bond acceptors (Lipinski definition) is 3. The first kappa shape index (κ1) is 11.7. The van der Waals surface area contributed by atoms with E-state index in [9.17, 15) is 14.7 Å². The number of likely N-dealkylation sites (tertiary alicyclic amines) is 1. The molecule has 1 aromatic rings. The van der Waals surface area contributed by atoms with Crippen LogP contribution in [0.4, 0.5) is 0 Å². The van der Waals surface area contributed by atoms with Gasteiger partial charge in [0.1, 0.15) is 6.26 Å². The van der Waals surface area contributed by atoms with E-state index >= 15 is 0 Å². The molecule has 0 unspecified atom stereocenters. The summed E-state index contributed by atoms with van der Waals surface area (Å²) in [5, 5.41) is 9.22. The van der Waals surface area contributed by atoms with Gasteiger partial charge in [0.05, 0.1) is 17.2 Å². The molecule has 0 aromatic carbocycles. The molecule has 5 heteroatoms. The van der Waals surface area contributed by atoms with E-state index in [1.54, 1.807) is 17.9 Å². The van der Waals surface area contributed by atoms with Gasteiger partial charge in [-0.05, 0) is 18.9 Å². The highest BCUT2D eigenvalue weighted by Crippen LogP contribution is 2.36. The van der Waals surface area contributed by atoms with Crippen molar-refractivity contribution >= 4 is 11.9 Å². The van der Waals surface area contributed by atoms with Crippen LogP contribution in [0.25, 0.3) is 0 Å². The summed E-state index contributed by atoms with van der Waals surface area (Å²) >= 11 is 0. The lowest BCUT2D eigenvalue weighted by Crippen LogP contribution is -2.36. The van der Waals surface area contributed by atoms with Gasteiger partial charge in [0, 0.05) is 13.1 Å². The Morgan fingerprint density at radius 1 is 1.59 bits per heavy atom. The van der Waals surface area contributed by atoms with Gasteiger partial charge in [-0.3, -0.25) is 9.59 Å². The monoisotopic (exact) mass is 237 g/mol. The summed E-state index contributed by atoms with van der Waals surface area (Å²) in [5.74, 6) is -1.08. The van der Waals surface area contributed by atoms with Gasteiger partial charge in [-0.1, -0.05) is 6.92 Å². The van der Waals surface area contributed by atoms with Crippen LogP contribution in [0, 0.1) is 11.3 Å². The lowest BCUT2D eigenvalue weighted by molar-refractivity contribution is -0.148. The van der Waals surface area contributed by atoms with Crippen LogP contribution in [0.15, 0.2) is 23.0 Å². The average molecular weight is 237 g/mol. The van der Waals surface area contributed by atoms with Crippen LogP contribution in [-0.4, -0.2) is 35.0 Å². The van der Waals surface area contributed by atoms with E-state index < -0.39 is 11.4 Å². The van der Waals surface area contributed by atoms with Gasteiger partial charge < -0.3 is 14.4 Å². The predicted octanol–water partition coefficient (Wildman–Crippen LogP) is 1.46. The number of carboxylic acids is 1. The number of aliphatic carboxylic acids is 1. The highest BCUT2D eigenvalue weighted by atomic mass is 16.4. The van der Waals surface area contributed by atoms with E-state index in [0.29, 0.717) is 12.1 Å². The molecule has 2 rings (SSSR count). The third kappa shape index (κ3) is 1.81.